The number of carbonyl (C=O) groups excluding carboxylic acids is 1. The molecule has 4 nitrogen and oxygen atoms in total. The minimum absolute atomic E-state index is 0.0992. The molecule has 0 radical (unpaired) electrons. The van der Waals surface area contributed by atoms with Gasteiger partial charge in [0, 0.05) is 5.02 Å². The molecule has 8 heteroatoms. The number of alkyl halides is 3. The highest BCUT2D eigenvalue weighted by molar-refractivity contribution is 6.31. The van der Waals surface area contributed by atoms with Gasteiger partial charge in [-0.3, -0.25) is 4.79 Å². The third kappa shape index (κ3) is 4.63. The van der Waals surface area contributed by atoms with Crippen molar-refractivity contribution in [3.8, 4) is 11.8 Å². The number of ether oxygens (including phenoxy) is 2. The summed E-state index contributed by atoms with van der Waals surface area (Å²) in [4.78, 5) is 11.3. The van der Waals surface area contributed by atoms with Gasteiger partial charge in [-0.05, 0) is 24.6 Å². The van der Waals surface area contributed by atoms with Crippen molar-refractivity contribution < 1.29 is 27.4 Å². The summed E-state index contributed by atoms with van der Waals surface area (Å²) in [5, 5.41) is 8.74. The highest BCUT2D eigenvalue weighted by Crippen LogP contribution is 2.30. The number of hydrogen-bond donors (Lipinski definition) is 0. The first kappa shape index (κ1) is 16.1. The summed E-state index contributed by atoms with van der Waals surface area (Å²) in [5.41, 5.74) is -0.0769. The van der Waals surface area contributed by atoms with Crippen LogP contribution in [0.15, 0.2) is 12.1 Å². The number of esters is 1. The molecule has 0 aromatic heterocycles. The molecule has 0 bridgehead atoms. The highest BCUT2D eigenvalue weighted by atomic mass is 35.5. The first-order valence-electron chi connectivity index (χ1n) is 5.40. The Hall–Kier alpha value is -1.94. The predicted molar refractivity (Wildman–Crippen MR) is 63.2 cm³/mol. The molecule has 0 saturated carbocycles. The normalized spacial score (nSPS) is 10.8. The van der Waals surface area contributed by atoms with Crippen molar-refractivity contribution in [2.24, 2.45) is 0 Å². The van der Waals surface area contributed by atoms with E-state index in [1.807, 2.05) is 0 Å². The highest BCUT2D eigenvalue weighted by Gasteiger charge is 2.31. The third-order valence-corrected chi connectivity index (χ3v) is 2.49. The van der Waals surface area contributed by atoms with Crippen LogP contribution in [-0.2, 0) is 16.0 Å². The Balaban J connectivity index is 3.09. The van der Waals surface area contributed by atoms with E-state index in [1.165, 1.54) is 0 Å². The zero-order valence-corrected chi connectivity index (χ0v) is 11.0. The van der Waals surface area contributed by atoms with Crippen molar-refractivity contribution >= 4 is 17.6 Å². The minimum atomic E-state index is -4.89. The predicted octanol–water partition coefficient (Wildman–Crippen LogP) is 3.22. The van der Waals surface area contributed by atoms with Crippen molar-refractivity contribution in [3.63, 3.8) is 0 Å². The number of nitriles is 1. The van der Waals surface area contributed by atoms with Gasteiger partial charge in [-0.2, -0.15) is 5.26 Å². The molecule has 108 valence electrons. The maximum Gasteiger partial charge on any atom is 0.573 e. The van der Waals surface area contributed by atoms with Crippen LogP contribution in [0.4, 0.5) is 13.2 Å². The van der Waals surface area contributed by atoms with E-state index in [0.29, 0.717) is 0 Å². The Morgan fingerprint density at radius 1 is 1.45 bits per heavy atom. The summed E-state index contributed by atoms with van der Waals surface area (Å²) >= 11 is 5.78. The monoisotopic (exact) mass is 307 g/mol. The second-order valence-corrected chi connectivity index (χ2v) is 3.98. The van der Waals surface area contributed by atoms with Crippen molar-refractivity contribution in [3.05, 3.63) is 28.3 Å². The summed E-state index contributed by atoms with van der Waals surface area (Å²) in [6.45, 7) is 1.75. The van der Waals surface area contributed by atoms with Crippen molar-refractivity contribution in [2.45, 2.75) is 19.7 Å². The lowest BCUT2D eigenvalue weighted by atomic mass is 10.0. The van der Waals surface area contributed by atoms with Crippen molar-refractivity contribution in [2.75, 3.05) is 6.61 Å². The molecule has 0 unspecified atom stereocenters. The SMILES string of the molecule is CCOC(=O)Cc1c(Cl)cc(OC(F)(F)F)cc1C#N. The molecule has 0 fully saturated rings. The Morgan fingerprint density at radius 3 is 2.60 bits per heavy atom. The second-order valence-electron chi connectivity index (χ2n) is 3.57. The van der Waals surface area contributed by atoms with E-state index < -0.39 is 18.1 Å². The average molecular weight is 308 g/mol. The Kier molecular flexibility index (Phi) is 5.22. The molecule has 1 aromatic carbocycles. The maximum atomic E-state index is 12.1. The number of carbonyl (C=O) groups is 1. The average Bonchev–Trinajstić information content (AvgIpc) is 2.30. The molecule has 0 spiro atoms. The molecular weight excluding hydrogens is 299 g/mol. The molecule has 20 heavy (non-hydrogen) atoms. The van der Waals surface area contributed by atoms with Crippen LogP contribution in [0.25, 0.3) is 0 Å². The van der Waals surface area contributed by atoms with Crippen LogP contribution in [0.5, 0.6) is 5.75 Å². The number of rotatable bonds is 4. The van der Waals surface area contributed by atoms with Gasteiger partial charge < -0.3 is 9.47 Å². The van der Waals surface area contributed by atoms with Gasteiger partial charge in [-0.25, -0.2) is 0 Å². The van der Waals surface area contributed by atoms with Crippen LogP contribution in [-0.4, -0.2) is 18.9 Å². The zero-order chi connectivity index (χ0) is 15.3. The molecule has 0 saturated heterocycles. The molecule has 0 atom stereocenters. The Bertz CT molecular complexity index is 552. The van der Waals surface area contributed by atoms with Gasteiger partial charge in [0.15, 0.2) is 0 Å². The van der Waals surface area contributed by atoms with Gasteiger partial charge >= 0.3 is 12.3 Å². The second kappa shape index (κ2) is 6.48. The van der Waals surface area contributed by atoms with E-state index in [1.54, 1.807) is 13.0 Å². The van der Waals surface area contributed by atoms with Crippen LogP contribution < -0.4 is 4.74 Å². The molecule has 0 N–H and O–H groups in total. The van der Waals surface area contributed by atoms with Crippen LogP contribution in [0, 0.1) is 11.3 Å². The van der Waals surface area contributed by atoms with Gasteiger partial charge in [0.2, 0.25) is 0 Å². The van der Waals surface area contributed by atoms with Crippen LogP contribution in [0.3, 0.4) is 0 Å². The van der Waals surface area contributed by atoms with Crippen molar-refractivity contribution in [1.82, 2.24) is 0 Å². The van der Waals surface area contributed by atoms with Gasteiger partial charge in [-0.1, -0.05) is 11.6 Å². The van der Waals surface area contributed by atoms with Crippen LogP contribution in [0.2, 0.25) is 5.02 Å². The fraction of sp³-hybridized carbons (Fsp3) is 0.333. The van der Waals surface area contributed by atoms with Crippen LogP contribution in [0.1, 0.15) is 18.1 Å². The van der Waals surface area contributed by atoms with Gasteiger partial charge in [0.05, 0.1) is 24.7 Å². The van der Waals surface area contributed by atoms with Gasteiger partial charge in [-0.15, -0.1) is 13.2 Å². The first-order valence-corrected chi connectivity index (χ1v) is 5.78. The standard InChI is InChI=1S/C12H9ClF3NO3/c1-2-19-11(18)5-9-7(6-17)3-8(4-10(9)13)20-12(14,15)16/h3-4H,2,5H2,1H3. The summed E-state index contributed by atoms with van der Waals surface area (Å²) in [6.07, 6.45) is -5.19. The molecular formula is C12H9ClF3NO3. The van der Waals surface area contributed by atoms with Gasteiger partial charge in [0.25, 0.3) is 0 Å². The Morgan fingerprint density at radius 2 is 2.10 bits per heavy atom. The molecule has 0 amide bonds. The Labute approximate surface area is 117 Å². The fourth-order valence-electron chi connectivity index (χ4n) is 1.44. The molecule has 0 aliphatic heterocycles. The number of nitrogens with zero attached hydrogens (tertiary/aromatic N) is 1. The zero-order valence-electron chi connectivity index (χ0n) is 10.3. The van der Waals surface area contributed by atoms with Crippen molar-refractivity contribution in [1.29, 1.82) is 5.26 Å². The topological polar surface area (TPSA) is 59.3 Å². The lowest BCUT2D eigenvalue weighted by molar-refractivity contribution is -0.274. The number of hydrogen-bond acceptors (Lipinski definition) is 4. The molecule has 0 aliphatic carbocycles. The largest absolute Gasteiger partial charge is 0.573 e. The molecule has 0 aliphatic rings. The fourth-order valence-corrected chi connectivity index (χ4v) is 1.72. The first-order chi connectivity index (χ1) is 9.26. The number of halogens is 4. The van der Waals surface area contributed by atoms with E-state index in [2.05, 4.69) is 4.74 Å². The molecule has 0 heterocycles. The quantitative estimate of drug-likeness (QED) is 0.801. The third-order valence-electron chi connectivity index (χ3n) is 2.15. The summed E-state index contributed by atoms with van der Waals surface area (Å²) < 4.78 is 44.7. The van der Waals surface area contributed by atoms with Gasteiger partial charge in [0.1, 0.15) is 5.75 Å². The maximum absolute atomic E-state index is 12.1. The van der Waals surface area contributed by atoms with E-state index in [-0.39, 0.29) is 29.2 Å². The lowest BCUT2D eigenvalue weighted by Gasteiger charge is -2.12. The smallest absolute Gasteiger partial charge is 0.466 e. The van der Waals surface area contributed by atoms with E-state index >= 15 is 0 Å². The molecule has 1 rings (SSSR count). The summed E-state index contributed by atoms with van der Waals surface area (Å²) in [5.74, 6) is -1.25. The summed E-state index contributed by atoms with van der Waals surface area (Å²) in [7, 11) is 0. The van der Waals surface area contributed by atoms with E-state index in [4.69, 9.17) is 21.6 Å². The minimum Gasteiger partial charge on any atom is -0.466 e. The lowest BCUT2D eigenvalue weighted by Crippen LogP contribution is -2.17. The molecule has 1 aromatic rings. The number of benzene rings is 1. The van der Waals surface area contributed by atoms with E-state index in [9.17, 15) is 18.0 Å². The summed E-state index contributed by atoms with van der Waals surface area (Å²) in [6, 6.07) is 3.43. The van der Waals surface area contributed by atoms with Crippen LogP contribution >= 0.6 is 11.6 Å². The van der Waals surface area contributed by atoms with E-state index in [0.717, 1.165) is 12.1 Å².